The second-order valence-electron chi connectivity index (χ2n) is 5.62. The van der Waals surface area contributed by atoms with Crippen LogP contribution >= 0.6 is 0 Å². The number of carbonyl (C=O) groups excluding carboxylic acids is 1. The lowest BCUT2D eigenvalue weighted by Gasteiger charge is -2.27. The molecule has 1 N–H and O–H groups in total. The Labute approximate surface area is 132 Å². The smallest absolute Gasteiger partial charge is 0.320 e. The van der Waals surface area contributed by atoms with E-state index in [1.165, 1.54) is 4.90 Å². The maximum Gasteiger partial charge on any atom is 0.412 e. The van der Waals surface area contributed by atoms with E-state index >= 15 is 0 Å². The van der Waals surface area contributed by atoms with E-state index < -0.39 is 17.8 Å². The van der Waals surface area contributed by atoms with Gasteiger partial charge in [0.15, 0.2) is 5.82 Å². The van der Waals surface area contributed by atoms with Crippen molar-refractivity contribution in [1.29, 1.82) is 0 Å². The van der Waals surface area contributed by atoms with Crippen LogP contribution in [0, 0.1) is 0 Å². The van der Waals surface area contributed by atoms with Crippen LogP contribution in [-0.2, 0) is 6.54 Å². The molecule has 0 atom stereocenters. The number of hydrogen-bond acceptors (Lipinski definition) is 3. The number of rotatable bonds is 4. The normalized spacial score (nSPS) is 15.7. The lowest BCUT2D eigenvalue weighted by molar-refractivity contribution is -0.0956. The van der Waals surface area contributed by atoms with E-state index in [1.54, 1.807) is 16.9 Å². The summed E-state index contributed by atoms with van der Waals surface area (Å²) in [4.78, 5) is 15.4. The molecular weight excluding hydrogens is 311 g/mol. The summed E-state index contributed by atoms with van der Waals surface area (Å²) in [6.45, 7) is 1.48. The Kier molecular flexibility index (Phi) is 5.30. The Morgan fingerprint density at radius 1 is 1.43 bits per heavy atom. The minimum atomic E-state index is -4.31. The van der Waals surface area contributed by atoms with Crippen LogP contribution in [0.5, 0.6) is 0 Å². The number of amides is 2. The molecule has 9 heteroatoms. The van der Waals surface area contributed by atoms with E-state index in [9.17, 15) is 18.0 Å². The monoisotopic (exact) mass is 331 g/mol. The van der Waals surface area contributed by atoms with Crippen LogP contribution < -0.4 is 5.32 Å². The zero-order valence-electron chi connectivity index (χ0n) is 13.1. The summed E-state index contributed by atoms with van der Waals surface area (Å²) in [5.41, 5.74) is -0.575. The molecule has 0 saturated carbocycles. The molecule has 23 heavy (non-hydrogen) atoms. The number of nitrogens with one attached hydrogen (secondary N) is 1. The zero-order chi connectivity index (χ0) is 17.0. The van der Waals surface area contributed by atoms with Gasteiger partial charge in [-0.15, -0.1) is 0 Å². The van der Waals surface area contributed by atoms with E-state index in [1.807, 2.05) is 19.0 Å². The number of carbonyl (C=O) groups is 1. The van der Waals surface area contributed by atoms with E-state index in [4.69, 9.17) is 0 Å². The molecule has 2 amide bonds. The molecule has 0 aliphatic carbocycles. The third-order valence-electron chi connectivity index (χ3n) is 3.51. The number of nitrogens with zero attached hydrogens (tertiary/aromatic N) is 4. The highest BCUT2D eigenvalue weighted by atomic mass is 19.4. The first-order valence-corrected chi connectivity index (χ1v) is 7.26. The van der Waals surface area contributed by atoms with Crippen LogP contribution in [0.3, 0.4) is 0 Å². The minimum Gasteiger partial charge on any atom is -0.320 e. The van der Waals surface area contributed by atoms with Gasteiger partial charge in [-0.05, 0) is 20.5 Å². The Morgan fingerprint density at radius 2 is 2.17 bits per heavy atom. The highest BCUT2D eigenvalue weighted by molar-refractivity contribution is 5.88. The van der Waals surface area contributed by atoms with Crippen LogP contribution in [0.2, 0.25) is 0 Å². The third-order valence-corrected chi connectivity index (χ3v) is 3.51. The molecule has 0 bridgehead atoms. The first kappa shape index (κ1) is 17.3. The van der Waals surface area contributed by atoms with Crippen molar-refractivity contribution in [2.45, 2.75) is 19.1 Å². The van der Waals surface area contributed by atoms with Crippen molar-refractivity contribution in [3.8, 4) is 0 Å². The molecule has 0 saturated heterocycles. The first-order chi connectivity index (χ1) is 10.8. The van der Waals surface area contributed by atoms with Crippen molar-refractivity contribution < 1.29 is 18.0 Å². The van der Waals surface area contributed by atoms with Crippen molar-refractivity contribution in [2.24, 2.45) is 0 Å². The van der Waals surface area contributed by atoms with Crippen molar-refractivity contribution in [3.63, 3.8) is 0 Å². The molecule has 128 valence electrons. The number of halogens is 3. The standard InChI is InChI=1S/C14H20F3N5O/c1-20(2)9-10-22-8-5-12(19-22)18-13(23)21-6-3-11(4-7-21)14(15,16)17/h3,5,8H,4,6-7,9-10H2,1-2H3,(H,18,19,23). The summed E-state index contributed by atoms with van der Waals surface area (Å²) in [6.07, 6.45) is -1.70. The van der Waals surface area contributed by atoms with Gasteiger partial charge in [-0.1, -0.05) is 6.08 Å². The van der Waals surface area contributed by atoms with Crippen LogP contribution in [0.4, 0.5) is 23.8 Å². The Morgan fingerprint density at radius 3 is 2.74 bits per heavy atom. The maximum absolute atomic E-state index is 12.5. The highest BCUT2D eigenvalue weighted by Gasteiger charge is 2.35. The van der Waals surface area contributed by atoms with Gasteiger partial charge in [-0.2, -0.15) is 18.3 Å². The summed E-state index contributed by atoms with van der Waals surface area (Å²) < 4.78 is 39.3. The van der Waals surface area contributed by atoms with Crippen molar-refractivity contribution in [2.75, 3.05) is 39.0 Å². The summed E-state index contributed by atoms with van der Waals surface area (Å²) in [7, 11) is 3.90. The van der Waals surface area contributed by atoms with E-state index in [0.29, 0.717) is 12.4 Å². The number of hydrogen-bond donors (Lipinski definition) is 1. The molecule has 1 aromatic heterocycles. The molecule has 1 aromatic rings. The van der Waals surface area contributed by atoms with Crippen molar-refractivity contribution >= 4 is 11.8 Å². The Hall–Kier alpha value is -2.03. The van der Waals surface area contributed by atoms with Crippen LogP contribution in [0.25, 0.3) is 0 Å². The molecule has 2 heterocycles. The molecule has 0 unspecified atom stereocenters. The summed E-state index contributed by atoms with van der Waals surface area (Å²) in [5.74, 6) is 0.388. The number of aromatic nitrogens is 2. The highest BCUT2D eigenvalue weighted by Crippen LogP contribution is 2.30. The second-order valence-corrected chi connectivity index (χ2v) is 5.62. The van der Waals surface area contributed by atoms with Crippen LogP contribution in [-0.4, -0.2) is 65.5 Å². The summed E-state index contributed by atoms with van der Waals surface area (Å²) in [5, 5.41) is 6.81. The largest absolute Gasteiger partial charge is 0.412 e. The molecule has 0 radical (unpaired) electrons. The predicted octanol–water partition coefficient (Wildman–Crippen LogP) is 2.17. The van der Waals surface area contributed by atoms with Gasteiger partial charge in [0.2, 0.25) is 0 Å². The molecule has 1 aliphatic rings. The fraction of sp³-hybridized carbons (Fsp3) is 0.571. The molecule has 1 aliphatic heterocycles. The average Bonchev–Trinajstić information content (AvgIpc) is 2.92. The van der Waals surface area contributed by atoms with Gasteiger partial charge < -0.3 is 9.80 Å². The SMILES string of the molecule is CN(C)CCn1ccc(NC(=O)N2CC=C(C(F)(F)F)CC2)n1. The molecule has 0 fully saturated rings. The average molecular weight is 331 g/mol. The van der Waals surface area contributed by atoms with Crippen molar-refractivity contribution in [1.82, 2.24) is 19.6 Å². The minimum absolute atomic E-state index is 0.0402. The second kappa shape index (κ2) is 7.03. The molecule has 0 spiro atoms. The summed E-state index contributed by atoms with van der Waals surface area (Å²) >= 11 is 0. The van der Waals surface area contributed by atoms with Gasteiger partial charge in [-0.25, -0.2) is 4.79 Å². The van der Waals surface area contributed by atoms with Crippen LogP contribution in [0.1, 0.15) is 6.42 Å². The van der Waals surface area contributed by atoms with Gasteiger partial charge in [-0.3, -0.25) is 10.00 Å². The topological polar surface area (TPSA) is 53.4 Å². The number of likely N-dealkylation sites (N-methyl/N-ethyl adjacent to an activating group) is 1. The van der Waals surface area contributed by atoms with Crippen LogP contribution in [0.15, 0.2) is 23.9 Å². The lowest BCUT2D eigenvalue weighted by atomic mass is 10.1. The number of alkyl halides is 3. The fourth-order valence-corrected chi connectivity index (χ4v) is 2.16. The quantitative estimate of drug-likeness (QED) is 0.861. The first-order valence-electron chi connectivity index (χ1n) is 7.26. The maximum atomic E-state index is 12.5. The zero-order valence-corrected chi connectivity index (χ0v) is 13.1. The number of anilines is 1. The third kappa shape index (κ3) is 4.98. The van der Waals surface area contributed by atoms with E-state index in [2.05, 4.69) is 10.4 Å². The van der Waals surface area contributed by atoms with Gasteiger partial charge in [0.05, 0.1) is 6.54 Å². The summed E-state index contributed by atoms with van der Waals surface area (Å²) in [6, 6.07) is 1.22. The molecule has 2 rings (SSSR count). The van der Waals surface area contributed by atoms with Crippen molar-refractivity contribution in [3.05, 3.63) is 23.9 Å². The van der Waals surface area contributed by atoms with E-state index in [0.717, 1.165) is 12.6 Å². The van der Waals surface area contributed by atoms with Gasteiger partial charge >= 0.3 is 12.2 Å². The lowest BCUT2D eigenvalue weighted by Crippen LogP contribution is -2.39. The molecule has 0 aromatic carbocycles. The van der Waals surface area contributed by atoms with E-state index in [-0.39, 0.29) is 19.5 Å². The molecular formula is C14H20F3N5O. The van der Waals surface area contributed by atoms with Gasteiger partial charge in [0.25, 0.3) is 0 Å². The number of urea groups is 1. The molecule has 6 nitrogen and oxygen atoms in total. The Balaban J connectivity index is 1.87. The van der Waals surface area contributed by atoms with Gasteiger partial charge in [0.1, 0.15) is 0 Å². The predicted molar refractivity (Wildman–Crippen MR) is 80.1 cm³/mol. The van der Waals surface area contributed by atoms with Gasteiger partial charge in [0, 0.05) is 37.5 Å². The Bertz CT molecular complexity index is 579. The fourth-order valence-electron chi connectivity index (χ4n) is 2.16.